The number of hydrogen-bond donors (Lipinski definition) is 2. The van der Waals surface area contributed by atoms with Crippen LogP contribution in [0.1, 0.15) is 60.8 Å². The molecule has 0 bridgehead atoms. The van der Waals surface area contributed by atoms with E-state index in [0.717, 1.165) is 50.0 Å². The van der Waals surface area contributed by atoms with Crippen LogP contribution >= 0.6 is 24.0 Å². The third-order valence-corrected chi connectivity index (χ3v) is 5.04. The first-order chi connectivity index (χ1) is 13.7. The zero-order valence-electron chi connectivity index (χ0n) is 17.7. The Morgan fingerprint density at radius 2 is 2.10 bits per heavy atom. The monoisotopic (exact) mass is 512 g/mol. The van der Waals surface area contributed by atoms with Gasteiger partial charge in [0.25, 0.3) is 0 Å². The first kappa shape index (κ1) is 23.7. The van der Waals surface area contributed by atoms with Crippen molar-refractivity contribution in [1.82, 2.24) is 15.6 Å². The highest BCUT2D eigenvalue weighted by Crippen LogP contribution is 2.32. The van der Waals surface area contributed by atoms with Crippen molar-refractivity contribution in [2.75, 3.05) is 19.7 Å². The summed E-state index contributed by atoms with van der Waals surface area (Å²) in [5.41, 5.74) is 3.73. The molecule has 1 heterocycles. The lowest BCUT2D eigenvalue weighted by Gasteiger charge is -2.25. The van der Waals surface area contributed by atoms with Crippen LogP contribution < -0.4 is 10.6 Å². The summed E-state index contributed by atoms with van der Waals surface area (Å²) in [4.78, 5) is 8.93. The molecule has 0 radical (unpaired) electrons. The molecule has 7 heteroatoms. The fourth-order valence-corrected chi connectivity index (χ4v) is 3.48. The van der Waals surface area contributed by atoms with Crippen molar-refractivity contribution in [3.05, 3.63) is 52.7 Å². The minimum absolute atomic E-state index is 0. The average molecular weight is 512 g/mol. The van der Waals surface area contributed by atoms with Crippen LogP contribution in [0.4, 0.5) is 0 Å². The quantitative estimate of drug-likeness (QED) is 0.237. The second-order valence-corrected chi connectivity index (χ2v) is 7.18. The van der Waals surface area contributed by atoms with E-state index in [9.17, 15) is 0 Å². The van der Waals surface area contributed by atoms with Gasteiger partial charge in [-0.2, -0.15) is 0 Å². The van der Waals surface area contributed by atoms with Gasteiger partial charge >= 0.3 is 0 Å². The van der Waals surface area contributed by atoms with Crippen molar-refractivity contribution < 1.29 is 9.15 Å². The van der Waals surface area contributed by atoms with Crippen molar-refractivity contribution in [2.24, 2.45) is 4.99 Å². The fourth-order valence-electron chi connectivity index (χ4n) is 3.48. The maximum absolute atomic E-state index is 6.17. The zero-order valence-corrected chi connectivity index (χ0v) is 20.0. The van der Waals surface area contributed by atoms with E-state index in [1.54, 1.807) is 0 Å². The number of halogens is 1. The fraction of sp³-hybridized carbons (Fsp3) is 0.545. The van der Waals surface area contributed by atoms with E-state index in [1.807, 2.05) is 13.8 Å². The van der Waals surface area contributed by atoms with E-state index >= 15 is 0 Å². The largest absolute Gasteiger partial charge is 0.444 e. The molecule has 0 amide bonds. The standard InChI is InChI=1S/C22H32N4O2.HI/c1-4-23-22(25-15-21-26-16(2)17(3)28-21)24-13-8-14-27-20-12-7-10-18-9-5-6-11-19(18)20;/h5-6,9,11,20H,4,7-8,10,12-15H2,1-3H3,(H2,23,24,25);1H. The molecule has 1 aliphatic rings. The van der Waals surface area contributed by atoms with Crippen molar-refractivity contribution in [2.45, 2.75) is 59.1 Å². The topological polar surface area (TPSA) is 71.7 Å². The molecule has 1 atom stereocenters. The Labute approximate surface area is 190 Å². The van der Waals surface area contributed by atoms with Crippen LogP contribution in [0.2, 0.25) is 0 Å². The number of hydrogen-bond acceptors (Lipinski definition) is 4. The number of fused-ring (bicyclic) bond motifs is 1. The normalized spacial score (nSPS) is 16.1. The van der Waals surface area contributed by atoms with Gasteiger partial charge in [-0.15, -0.1) is 24.0 Å². The summed E-state index contributed by atoms with van der Waals surface area (Å²) in [5.74, 6) is 2.27. The molecule has 2 N–H and O–H groups in total. The first-order valence-electron chi connectivity index (χ1n) is 10.3. The molecule has 1 unspecified atom stereocenters. The average Bonchev–Trinajstić information content (AvgIpc) is 3.03. The van der Waals surface area contributed by atoms with Gasteiger partial charge in [-0.1, -0.05) is 24.3 Å². The van der Waals surface area contributed by atoms with Crippen LogP contribution in [0.3, 0.4) is 0 Å². The van der Waals surface area contributed by atoms with Gasteiger partial charge in [0, 0.05) is 19.7 Å². The molecule has 160 valence electrons. The molecule has 29 heavy (non-hydrogen) atoms. The first-order valence-corrected chi connectivity index (χ1v) is 10.3. The van der Waals surface area contributed by atoms with E-state index in [2.05, 4.69) is 51.8 Å². The second-order valence-electron chi connectivity index (χ2n) is 7.18. The van der Waals surface area contributed by atoms with E-state index in [4.69, 9.17) is 9.15 Å². The number of oxazole rings is 1. The Bertz CT molecular complexity index is 771. The Balaban J connectivity index is 0.00000300. The van der Waals surface area contributed by atoms with Gasteiger partial charge in [0.2, 0.25) is 5.89 Å². The Kier molecular flexibility index (Phi) is 9.93. The minimum Gasteiger partial charge on any atom is -0.444 e. The number of guanidine groups is 1. The molecule has 2 aromatic rings. The van der Waals surface area contributed by atoms with Crippen molar-refractivity contribution >= 4 is 29.9 Å². The number of aliphatic imine (C=N–C) groups is 1. The molecule has 3 rings (SSSR count). The number of rotatable bonds is 8. The van der Waals surface area contributed by atoms with Gasteiger partial charge in [-0.3, -0.25) is 0 Å². The van der Waals surface area contributed by atoms with E-state index in [-0.39, 0.29) is 30.1 Å². The summed E-state index contributed by atoms with van der Waals surface area (Å²) in [7, 11) is 0. The Hall–Kier alpha value is -1.61. The molecular formula is C22H33IN4O2. The van der Waals surface area contributed by atoms with Gasteiger partial charge in [-0.05, 0) is 57.6 Å². The molecule has 0 saturated heterocycles. The van der Waals surface area contributed by atoms with Crippen molar-refractivity contribution in [3.63, 3.8) is 0 Å². The number of aromatic nitrogens is 1. The van der Waals surface area contributed by atoms with Gasteiger partial charge in [-0.25, -0.2) is 9.98 Å². The summed E-state index contributed by atoms with van der Waals surface area (Å²) in [6, 6.07) is 8.66. The molecule has 0 aliphatic heterocycles. The third-order valence-electron chi connectivity index (χ3n) is 5.04. The predicted octanol–water partition coefficient (Wildman–Crippen LogP) is 4.45. The van der Waals surface area contributed by atoms with E-state index in [0.29, 0.717) is 12.4 Å². The van der Waals surface area contributed by atoms with E-state index in [1.165, 1.54) is 24.0 Å². The highest BCUT2D eigenvalue weighted by atomic mass is 127. The molecule has 0 spiro atoms. The highest BCUT2D eigenvalue weighted by Gasteiger charge is 2.19. The van der Waals surface area contributed by atoms with Gasteiger partial charge < -0.3 is 19.8 Å². The molecule has 1 aromatic carbocycles. The van der Waals surface area contributed by atoms with Gasteiger partial charge in [0.15, 0.2) is 5.96 Å². The van der Waals surface area contributed by atoms with Gasteiger partial charge in [0.05, 0.1) is 11.8 Å². The van der Waals surface area contributed by atoms with Crippen LogP contribution in [0.15, 0.2) is 33.7 Å². The Morgan fingerprint density at radius 3 is 2.86 bits per heavy atom. The summed E-state index contributed by atoms with van der Waals surface area (Å²) in [6.07, 6.45) is 4.66. The smallest absolute Gasteiger partial charge is 0.216 e. The number of ether oxygens (including phenoxy) is 1. The molecule has 6 nitrogen and oxygen atoms in total. The summed E-state index contributed by atoms with van der Waals surface area (Å²) >= 11 is 0. The summed E-state index contributed by atoms with van der Waals surface area (Å²) in [6.45, 7) is 8.71. The maximum Gasteiger partial charge on any atom is 0.216 e. The second kappa shape index (κ2) is 12.2. The lowest BCUT2D eigenvalue weighted by Crippen LogP contribution is -2.38. The predicted molar refractivity (Wildman–Crippen MR) is 127 cm³/mol. The maximum atomic E-state index is 6.17. The SMILES string of the molecule is CCNC(=NCc1nc(C)c(C)o1)NCCCOC1CCCc2ccccc21.I. The number of benzene rings is 1. The van der Waals surface area contributed by atoms with E-state index < -0.39 is 0 Å². The number of nitrogens with zero attached hydrogens (tertiary/aromatic N) is 2. The van der Waals surface area contributed by atoms with Crippen LogP contribution in [-0.2, 0) is 17.7 Å². The summed E-state index contributed by atoms with van der Waals surface area (Å²) < 4.78 is 11.8. The highest BCUT2D eigenvalue weighted by molar-refractivity contribution is 14.0. The molecule has 1 aliphatic carbocycles. The van der Waals surface area contributed by atoms with Crippen molar-refractivity contribution in [3.8, 4) is 0 Å². The van der Waals surface area contributed by atoms with Crippen LogP contribution in [-0.4, -0.2) is 30.6 Å². The lowest BCUT2D eigenvalue weighted by atomic mass is 9.89. The van der Waals surface area contributed by atoms with Crippen LogP contribution in [0.25, 0.3) is 0 Å². The third kappa shape index (κ3) is 6.99. The van der Waals surface area contributed by atoms with Crippen LogP contribution in [0, 0.1) is 13.8 Å². The number of aryl methyl sites for hydroxylation is 3. The minimum atomic E-state index is 0. The number of nitrogens with one attached hydrogen (secondary N) is 2. The molecule has 0 saturated carbocycles. The lowest BCUT2D eigenvalue weighted by molar-refractivity contribution is 0.0398. The zero-order chi connectivity index (χ0) is 19.8. The van der Waals surface area contributed by atoms with Crippen molar-refractivity contribution in [1.29, 1.82) is 0 Å². The Morgan fingerprint density at radius 1 is 1.28 bits per heavy atom. The molecular weight excluding hydrogens is 479 g/mol. The van der Waals surface area contributed by atoms with Gasteiger partial charge in [0.1, 0.15) is 12.3 Å². The molecule has 1 aromatic heterocycles. The molecule has 0 fully saturated rings. The summed E-state index contributed by atoms with van der Waals surface area (Å²) in [5, 5.41) is 6.61. The van der Waals surface area contributed by atoms with Crippen LogP contribution in [0.5, 0.6) is 0 Å².